The largest absolute Gasteiger partial charge is 0.478 e. The van der Waals surface area contributed by atoms with E-state index in [1.165, 1.54) is 0 Å². The molecule has 4 heteroatoms. The lowest BCUT2D eigenvalue weighted by atomic mass is 10.2. The molecular weight excluding hydrogens is 253 g/mol. The van der Waals surface area contributed by atoms with Gasteiger partial charge in [0.15, 0.2) is 0 Å². The lowest BCUT2D eigenvalue weighted by molar-refractivity contribution is 0.325. The van der Waals surface area contributed by atoms with Gasteiger partial charge in [-0.15, -0.1) is 12.4 Å². The number of benzene rings is 1. The summed E-state index contributed by atoms with van der Waals surface area (Å²) in [6.45, 7) is 2.40. The lowest BCUT2D eigenvalue weighted by Gasteiger charge is -2.04. The molecule has 0 saturated heterocycles. The van der Waals surface area contributed by atoms with Crippen LogP contribution in [0.15, 0.2) is 28.7 Å². The molecule has 72 valence electrons. The fraction of sp³-hybridized carbons (Fsp3) is 0.222. The lowest BCUT2D eigenvalue weighted by Crippen LogP contribution is -2.03. The third-order valence-electron chi connectivity index (χ3n) is 1.38. The molecule has 1 aromatic rings. The smallest absolute Gasteiger partial charge is 0.213 e. The molecule has 0 aromatic heterocycles. The van der Waals surface area contributed by atoms with Crippen molar-refractivity contribution in [1.82, 2.24) is 0 Å². The molecule has 0 atom stereocenters. The first-order valence-electron chi connectivity index (χ1n) is 3.71. The van der Waals surface area contributed by atoms with Crippen LogP contribution < -0.4 is 0 Å². The van der Waals surface area contributed by atoms with Crippen LogP contribution in [-0.4, -0.2) is 12.5 Å². The topological polar surface area (TPSA) is 33.1 Å². The third-order valence-corrected chi connectivity index (χ3v) is 1.87. The maximum atomic E-state index is 7.48. The number of hydrogen-bond donors (Lipinski definition) is 1. The van der Waals surface area contributed by atoms with E-state index in [9.17, 15) is 0 Å². The molecule has 1 N–H and O–H groups in total. The highest BCUT2D eigenvalue weighted by Crippen LogP contribution is 2.12. The van der Waals surface area contributed by atoms with Crippen molar-refractivity contribution in [1.29, 1.82) is 5.41 Å². The summed E-state index contributed by atoms with van der Waals surface area (Å²) in [6, 6.07) is 7.51. The third kappa shape index (κ3) is 3.79. The highest BCUT2D eigenvalue weighted by molar-refractivity contribution is 9.10. The zero-order valence-electron chi connectivity index (χ0n) is 7.21. The van der Waals surface area contributed by atoms with Crippen molar-refractivity contribution < 1.29 is 4.74 Å². The van der Waals surface area contributed by atoms with Crippen molar-refractivity contribution in [2.24, 2.45) is 0 Å². The van der Waals surface area contributed by atoms with Crippen LogP contribution in [0.3, 0.4) is 0 Å². The van der Waals surface area contributed by atoms with Crippen molar-refractivity contribution in [3.05, 3.63) is 34.3 Å². The number of nitrogens with one attached hydrogen (secondary N) is 1. The minimum Gasteiger partial charge on any atom is -0.478 e. The highest BCUT2D eigenvalue weighted by Gasteiger charge is 2.00. The van der Waals surface area contributed by atoms with Crippen LogP contribution >= 0.6 is 28.3 Å². The molecule has 0 bridgehead atoms. The molecule has 0 aliphatic heterocycles. The minimum absolute atomic E-state index is 0. The molecule has 13 heavy (non-hydrogen) atoms. The van der Waals surface area contributed by atoms with Crippen LogP contribution in [0, 0.1) is 5.41 Å². The second kappa shape index (κ2) is 6.00. The van der Waals surface area contributed by atoms with Crippen LogP contribution in [0.1, 0.15) is 12.5 Å². The van der Waals surface area contributed by atoms with Gasteiger partial charge in [0, 0.05) is 10.0 Å². The Balaban J connectivity index is 0.00000144. The molecule has 0 aliphatic rings. The summed E-state index contributed by atoms with van der Waals surface area (Å²) >= 11 is 3.33. The Bertz CT molecular complexity index is 291. The maximum Gasteiger partial charge on any atom is 0.213 e. The van der Waals surface area contributed by atoms with E-state index < -0.39 is 0 Å². The van der Waals surface area contributed by atoms with E-state index in [0.717, 1.165) is 10.0 Å². The van der Waals surface area contributed by atoms with E-state index in [1.807, 2.05) is 31.2 Å². The van der Waals surface area contributed by atoms with Crippen LogP contribution in [-0.2, 0) is 4.74 Å². The van der Waals surface area contributed by atoms with Crippen molar-refractivity contribution in [2.75, 3.05) is 6.61 Å². The molecule has 1 aromatic carbocycles. The van der Waals surface area contributed by atoms with Gasteiger partial charge in [-0.3, -0.25) is 5.41 Å². The Kier molecular flexibility index (Phi) is 5.75. The van der Waals surface area contributed by atoms with Gasteiger partial charge in [0.25, 0.3) is 0 Å². The van der Waals surface area contributed by atoms with Gasteiger partial charge < -0.3 is 4.74 Å². The Morgan fingerprint density at radius 2 is 2.23 bits per heavy atom. The first kappa shape index (κ1) is 12.5. The number of halogens is 2. The predicted molar refractivity (Wildman–Crippen MR) is 59.8 cm³/mol. The van der Waals surface area contributed by atoms with Crippen molar-refractivity contribution >= 4 is 34.2 Å². The number of ether oxygens (including phenoxy) is 1. The standard InChI is InChI=1S/C9H10BrNO.ClH/c1-2-12-9(11)7-4-3-5-8(10)6-7;/h3-6,11H,2H2,1H3;1H. The van der Waals surface area contributed by atoms with Crippen molar-refractivity contribution in [2.45, 2.75) is 6.92 Å². The summed E-state index contributed by atoms with van der Waals surface area (Å²) in [5.74, 6) is 0.221. The van der Waals surface area contributed by atoms with Gasteiger partial charge in [-0.1, -0.05) is 22.0 Å². The van der Waals surface area contributed by atoms with Crippen LogP contribution in [0.25, 0.3) is 0 Å². The predicted octanol–water partition coefficient (Wildman–Crippen LogP) is 3.23. The van der Waals surface area contributed by atoms with Gasteiger partial charge in [-0.25, -0.2) is 0 Å². The van der Waals surface area contributed by atoms with Gasteiger partial charge in [0.05, 0.1) is 6.61 Å². The second-order valence-electron chi connectivity index (χ2n) is 2.27. The fourth-order valence-electron chi connectivity index (χ4n) is 0.857. The molecule has 0 aliphatic carbocycles. The minimum atomic E-state index is 0. The van der Waals surface area contributed by atoms with Gasteiger partial charge in [0.1, 0.15) is 0 Å². The fourth-order valence-corrected chi connectivity index (χ4v) is 1.26. The number of rotatable bonds is 2. The molecular formula is C9H11BrClNO. The van der Waals surface area contributed by atoms with Crippen LogP contribution in [0.2, 0.25) is 0 Å². The van der Waals surface area contributed by atoms with Crippen molar-refractivity contribution in [3.8, 4) is 0 Å². The van der Waals surface area contributed by atoms with Gasteiger partial charge >= 0.3 is 0 Å². The summed E-state index contributed by atoms with van der Waals surface area (Å²) < 4.78 is 6.01. The normalized spacial score (nSPS) is 8.77. The van der Waals surface area contributed by atoms with E-state index in [4.69, 9.17) is 10.1 Å². The van der Waals surface area contributed by atoms with E-state index in [-0.39, 0.29) is 18.3 Å². The summed E-state index contributed by atoms with van der Waals surface area (Å²) in [7, 11) is 0. The molecule has 0 amide bonds. The Labute approximate surface area is 92.3 Å². The molecule has 0 heterocycles. The zero-order chi connectivity index (χ0) is 8.97. The average Bonchev–Trinajstić information content (AvgIpc) is 2.05. The monoisotopic (exact) mass is 263 g/mol. The zero-order valence-corrected chi connectivity index (χ0v) is 9.61. The summed E-state index contributed by atoms with van der Waals surface area (Å²) in [4.78, 5) is 0. The van der Waals surface area contributed by atoms with Gasteiger partial charge in [-0.2, -0.15) is 0 Å². The summed E-state index contributed by atoms with van der Waals surface area (Å²) in [6.07, 6.45) is 0. The highest BCUT2D eigenvalue weighted by atomic mass is 79.9. The molecule has 0 unspecified atom stereocenters. The molecule has 0 spiro atoms. The first-order chi connectivity index (χ1) is 5.74. The Hall–Kier alpha value is -0.540. The second-order valence-corrected chi connectivity index (χ2v) is 3.19. The summed E-state index contributed by atoms with van der Waals surface area (Å²) in [5.41, 5.74) is 0.797. The van der Waals surface area contributed by atoms with Crippen LogP contribution in [0.4, 0.5) is 0 Å². The van der Waals surface area contributed by atoms with E-state index in [1.54, 1.807) is 0 Å². The maximum absolute atomic E-state index is 7.48. The number of hydrogen-bond acceptors (Lipinski definition) is 2. The SMILES string of the molecule is CCOC(=N)c1cccc(Br)c1.Cl. The van der Waals surface area contributed by atoms with E-state index in [0.29, 0.717) is 6.61 Å². The molecule has 0 fully saturated rings. The molecule has 0 radical (unpaired) electrons. The van der Waals surface area contributed by atoms with E-state index in [2.05, 4.69) is 15.9 Å². The molecule has 0 saturated carbocycles. The summed E-state index contributed by atoms with van der Waals surface area (Å²) in [5, 5.41) is 7.48. The van der Waals surface area contributed by atoms with E-state index >= 15 is 0 Å². The van der Waals surface area contributed by atoms with Crippen molar-refractivity contribution in [3.63, 3.8) is 0 Å². The quantitative estimate of drug-likeness (QED) is 0.646. The Morgan fingerprint density at radius 1 is 1.54 bits per heavy atom. The van der Waals surface area contributed by atoms with Crippen LogP contribution in [0.5, 0.6) is 0 Å². The average molecular weight is 265 g/mol. The Morgan fingerprint density at radius 3 is 2.77 bits per heavy atom. The van der Waals surface area contributed by atoms with Gasteiger partial charge in [-0.05, 0) is 25.1 Å². The molecule has 2 nitrogen and oxygen atoms in total. The van der Waals surface area contributed by atoms with Gasteiger partial charge in [0.2, 0.25) is 5.90 Å². The first-order valence-corrected chi connectivity index (χ1v) is 4.50. The molecule has 1 rings (SSSR count).